The molecule has 6 nitrogen and oxygen atoms in total. The van der Waals surface area contributed by atoms with Gasteiger partial charge in [0.1, 0.15) is 5.75 Å². The molecule has 1 heterocycles. The largest absolute Gasteiger partial charge is 0.497 e. The van der Waals surface area contributed by atoms with Crippen LogP contribution in [0.2, 0.25) is 0 Å². The van der Waals surface area contributed by atoms with Gasteiger partial charge >= 0.3 is 0 Å². The van der Waals surface area contributed by atoms with Crippen molar-refractivity contribution in [2.24, 2.45) is 0 Å². The lowest BCUT2D eigenvalue weighted by Gasteiger charge is -2.30. The second-order valence-corrected chi connectivity index (χ2v) is 5.56. The van der Waals surface area contributed by atoms with Gasteiger partial charge in [-0.1, -0.05) is 0 Å². The van der Waals surface area contributed by atoms with Gasteiger partial charge in [0.2, 0.25) is 0 Å². The summed E-state index contributed by atoms with van der Waals surface area (Å²) < 4.78 is 10.5. The lowest BCUT2D eigenvalue weighted by molar-refractivity contribution is 0.102. The van der Waals surface area contributed by atoms with E-state index >= 15 is 0 Å². The standard InChI is InChI=1S/C18H21N3O3/c1-23-15-5-2-13(3-6-15)18(22)20-16-12-14(19)4-7-17(16)21-8-10-24-11-9-21/h2-7,12H,8-11,19H2,1H3,(H,20,22). The first-order valence-corrected chi connectivity index (χ1v) is 7.85. The zero-order valence-electron chi connectivity index (χ0n) is 13.6. The minimum atomic E-state index is -0.183. The number of ether oxygens (including phenoxy) is 2. The number of rotatable bonds is 4. The Labute approximate surface area is 141 Å². The molecule has 1 saturated heterocycles. The molecule has 0 bridgehead atoms. The number of nitrogen functional groups attached to an aromatic ring is 1. The maximum Gasteiger partial charge on any atom is 0.255 e. The van der Waals surface area contributed by atoms with Crippen LogP contribution in [0.3, 0.4) is 0 Å². The van der Waals surface area contributed by atoms with E-state index in [4.69, 9.17) is 15.2 Å². The van der Waals surface area contributed by atoms with Crippen LogP contribution in [0.1, 0.15) is 10.4 Å². The van der Waals surface area contributed by atoms with E-state index in [1.165, 1.54) is 0 Å². The number of hydrogen-bond acceptors (Lipinski definition) is 5. The van der Waals surface area contributed by atoms with Crippen LogP contribution in [0.15, 0.2) is 42.5 Å². The molecule has 0 unspecified atom stereocenters. The Morgan fingerprint density at radius 2 is 1.88 bits per heavy atom. The van der Waals surface area contributed by atoms with Crippen LogP contribution in [0.5, 0.6) is 5.75 Å². The van der Waals surface area contributed by atoms with E-state index in [-0.39, 0.29) is 5.91 Å². The summed E-state index contributed by atoms with van der Waals surface area (Å²) in [6.07, 6.45) is 0. The first kappa shape index (κ1) is 16.1. The highest BCUT2D eigenvalue weighted by Crippen LogP contribution is 2.29. The Bertz CT molecular complexity index is 710. The van der Waals surface area contributed by atoms with Gasteiger partial charge in [0, 0.05) is 24.3 Å². The van der Waals surface area contributed by atoms with Gasteiger partial charge in [0.15, 0.2) is 0 Å². The van der Waals surface area contributed by atoms with E-state index in [0.29, 0.717) is 35.9 Å². The third-order valence-electron chi connectivity index (χ3n) is 3.97. The zero-order chi connectivity index (χ0) is 16.9. The molecule has 2 aromatic rings. The van der Waals surface area contributed by atoms with Crippen molar-refractivity contribution in [3.8, 4) is 5.75 Å². The van der Waals surface area contributed by atoms with Gasteiger partial charge in [-0.15, -0.1) is 0 Å². The first-order chi connectivity index (χ1) is 11.7. The van der Waals surface area contributed by atoms with Crippen molar-refractivity contribution in [1.82, 2.24) is 0 Å². The van der Waals surface area contributed by atoms with E-state index in [0.717, 1.165) is 18.8 Å². The van der Waals surface area contributed by atoms with E-state index in [1.807, 2.05) is 12.1 Å². The Balaban J connectivity index is 1.82. The summed E-state index contributed by atoms with van der Waals surface area (Å²) in [7, 11) is 1.59. The topological polar surface area (TPSA) is 76.8 Å². The second-order valence-electron chi connectivity index (χ2n) is 5.56. The predicted octanol–water partition coefficient (Wildman–Crippen LogP) is 2.37. The second kappa shape index (κ2) is 7.23. The minimum Gasteiger partial charge on any atom is -0.497 e. The number of carbonyl (C=O) groups excluding carboxylic acids is 1. The van der Waals surface area contributed by atoms with E-state index in [9.17, 15) is 4.79 Å². The van der Waals surface area contributed by atoms with Crippen molar-refractivity contribution < 1.29 is 14.3 Å². The van der Waals surface area contributed by atoms with Crippen molar-refractivity contribution >= 4 is 23.0 Å². The van der Waals surface area contributed by atoms with Gasteiger partial charge in [-0.25, -0.2) is 0 Å². The van der Waals surface area contributed by atoms with Crippen molar-refractivity contribution in [2.45, 2.75) is 0 Å². The molecule has 2 aromatic carbocycles. The fraction of sp³-hybridized carbons (Fsp3) is 0.278. The van der Waals surface area contributed by atoms with E-state index in [2.05, 4.69) is 10.2 Å². The van der Waals surface area contributed by atoms with Crippen LogP contribution in [-0.2, 0) is 4.74 Å². The van der Waals surface area contributed by atoms with Gasteiger partial charge in [0.25, 0.3) is 5.91 Å². The number of methoxy groups -OCH3 is 1. The van der Waals surface area contributed by atoms with Crippen molar-refractivity contribution in [3.05, 3.63) is 48.0 Å². The third-order valence-corrected chi connectivity index (χ3v) is 3.97. The molecule has 126 valence electrons. The quantitative estimate of drug-likeness (QED) is 0.843. The molecule has 6 heteroatoms. The number of carbonyl (C=O) groups is 1. The van der Waals surface area contributed by atoms with Crippen molar-refractivity contribution in [3.63, 3.8) is 0 Å². The monoisotopic (exact) mass is 327 g/mol. The number of benzene rings is 2. The number of amides is 1. The number of morpholine rings is 1. The third kappa shape index (κ3) is 3.60. The molecule has 0 spiro atoms. The first-order valence-electron chi connectivity index (χ1n) is 7.85. The fourth-order valence-electron chi connectivity index (χ4n) is 2.67. The SMILES string of the molecule is COc1ccc(C(=O)Nc2cc(N)ccc2N2CCOCC2)cc1. The molecule has 1 aliphatic heterocycles. The Kier molecular flexibility index (Phi) is 4.86. The average molecular weight is 327 g/mol. The summed E-state index contributed by atoms with van der Waals surface area (Å²) in [5, 5.41) is 2.96. The molecule has 24 heavy (non-hydrogen) atoms. The average Bonchev–Trinajstić information content (AvgIpc) is 2.62. The molecule has 3 N–H and O–H groups in total. The maximum atomic E-state index is 12.5. The zero-order valence-corrected chi connectivity index (χ0v) is 13.6. The highest BCUT2D eigenvalue weighted by molar-refractivity contribution is 6.06. The van der Waals surface area contributed by atoms with Crippen molar-refractivity contribution in [2.75, 3.05) is 49.4 Å². The normalized spacial score (nSPS) is 14.3. The number of nitrogens with one attached hydrogen (secondary N) is 1. The molecule has 1 fully saturated rings. The maximum absolute atomic E-state index is 12.5. The molecular formula is C18H21N3O3. The summed E-state index contributed by atoms with van der Waals surface area (Å²) in [4.78, 5) is 14.7. The molecule has 1 amide bonds. The molecule has 3 rings (SSSR count). The van der Waals surface area contributed by atoms with Crippen LogP contribution in [0.4, 0.5) is 17.1 Å². The highest BCUT2D eigenvalue weighted by Gasteiger charge is 2.17. The summed E-state index contributed by atoms with van der Waals surface area (Å²) in [5.74, 6) is 0.530. The van der Waals surface area contributed by atoms with Crippen LogP contribution < -0.4 is 20.7 Å². The lowest BCUT2D eigenvalue weighted by atomic mass is 10.1. The van der Waals surface area contributed by atoms with E-state index in [1.54, 1.807) is 37.4 Å². The van der Waals surface area contributed by atoms with Crippen LogP contribution in [-0.4, -0.2) is 39.3 Å². The Morgan fingerprint density at radius 3 is 2.54 bits per heavy atom. The molecule has 0 radical (unpaired) electrons. The van der Waals surface area contributed by atoms with Gasteiger partial charge in [-0.3, -0.25) is 4.79 Å². The fourth-order valence-corrected chi connectivity index (χ4v) is 2.67. The van der Waals surface area contributed by atoms with Gasteiger partial charge < -0.3 is 25.4 Å². The van der Waals surface area contributed by atoms with Crippen LogP contribution in [0.25, 0.3) is 0 Å². The van der Waals surface area contributed by atoms with Crippen LogP contribution >= 0.6 is 0 Å². The molecule has 0 aliphatic carbocycles. The van der Waals surface area contributed by atoms with Gasteiger partial charge in [-0.2, -0.15) is 0 Å². The number of nitrogens with two attached hydrogens (primary N) is 1. The van der Waals surface area contributed by atoms with Gasteiger partial charge in [0.05, 0.1) is 31.7 Å². The number of hydrogen-bond donors (Lipinski definition) is 2. The molecule has 0 saturated carbocycles. The Hall–Kier alpha value is -2.73. The summed E-state index contributed by atoms with van der Waals surface area (Å²) in [5.41, 5.74) is 8.73. The molecule has 0 aromatic heterocycles. The molecule has 1 aliphatic rings. The summed E-state index contributed by atoms with van der Waals surface area (Å²) in [6.45, 7) is 2.93. The van der Waals surface area contributed by atoms with Crippen molar-refractivity contribution in [1.29, 1.82) is 0 Å². The predicted molar refractivity (Wildman–Crippen MR) is 94.8 cm³/mol. The molecular weight excluding hydrogens is 306 g/mol. The van der Waals surface area contributed by atoms with Crippen LogP contribution in [0, 0.1) is 0 Å². The van der Waals surface area contributed by atoms with E-state index < -0.39 is 0 Å². The number of nitrogens with zero attached hydrogens (tertiary/aromatic N) is 1. The Morgan fingerprint density at radius 1 is 1.17 bits per heavy atom. The minimum absolute atomic E-state index is 0.183. The van der Waals surface area contributed by atoms with Gasteiger partial charge in [-0.05, 0) is 42.5 Å². The highest BCUT2D eigenvalue weighted by atomic mass is 16.5. The molecule has 0 atom stereocenters. The number of anilines is 3. The lowest BCUT2D eigenvalue weighted by Crippen LogP contribution is -2.36. The summed E-state index contributed by atoms with van der Waals surface area (Å²) in [6, 6.07) is 12.5. The smallest absolute Gasteiger partial charge is 0.255 e. The summed E-state index contributed by atoms with van der Waals surface area (Å²) >= 11 is 0.